The van der Waals surface area contributed by atoms with Crippen LogP contribution in [0.3, 0.4) is 0 Å². The van der Waals surface area contributed by atoms with Crippen molar-refractivity contribution in [2.75, 3.05) is 13.6 Å². The fourth-order valence-electron chi connectivity index (χ4n) is 1.29. The van der Waals surface area contributed by atoms with E-state index in [1.165, 1.54) is 9.71 Å². The molecule has 1 N–H and O–H groups in total. The fourth-order valence-corrected chi connectivity index (χ4v) is 2.58. The molecule has 0 aliphatic carbocycles. The van der Waals surface area contributed by atoms with Crippen molar-refractivity contribution >= 4 is 37.5 Å². The topological polar surface area (TPSA) is 24.9 Å². The van der Waals surface area contributed by atoms with E-state index in [9.17, 15) is 0 Å². The summed E-state index contributed by atoms with van der Waals surface area (Å²) in [6, 6.07) is 6.23. The second kappa shape index (κ2) is 4.38. The van der Waals surface area contributed by atoms with Crippen LogP contribution in [-0.2, 0) is 6.42 Å². The molecule has 0 unspecified atom stereocenters. The molecular formula is C10H11BrN2S. The van der Waals surface area contributed by atoms with E-state index in [-0.39, 0.29) is 0 Å². The maximum atomic E-state index is 4.56. The van der Waals surface area contributed by atoms with Crippen molar-refractivity contribution in [3.05, 3.63) is 27.7 Å². The van der Waals surface area contributed by atoms with Crippen LogP contribution < -0.4 is 5.32 Å². The lowest BCUT2D eigenvalue weighted by molar-refractivity contribution is 0.789. The number of fused-ring (bicyclic) bond motifs is 1. The fraction of sp³-hybridized carbons (Fsp3) is 0.300. The highest BCUT2D eigenvalue weighted by molar-refractivity contribution is 9.10. The molecule has 0 atom stereocenters. The average molecular weight is 271 g/mol. The standard InChI is InChI=1S/C10H11BrN2S/c1-12-5-4-10-13-8-6-7(11)2-3-9(8)14-10/h2-3,6,12H,4-5H2,1H3. The zero-order valence-corrected chi connectivity index (χ0v) is 10.3. The maximum Gasteiger partial charge on any atom is 0.0951 e. The van der Waals surface area contributed by atoms with Crippen molar-refractivity contribution in [1.82, 2.24) is 10.3 Å². The number of halogens is 1. The van der Waals surface area contributed by atoms with Gasteiger partial charge in [0.15, 0.2) is 0 Å². The molecule has 2 nitrogen and oxygen atoms in total. The largest absolute Gasteiger partial charge is 0.319 e. The Hall–Kier alpha value is -0.450. The van der Waals surface area contributed by atoms with E-state index < -0.39 is 0 Å². The van der Waals surface area contributed by atoms with Crippen LogP contribution in [0.4, 0.5) is 0 Å². The van der Waals surface area contributed by atoms with Crippen LogP contribution in [0, 0.1) is 0 Å². The molecule has 0 radical (unpaired) electrons. The lowest BCUT2D eigenvalue weighted by Gasteiger charge is -1.92. The molecule has 1 aromatic heterocycles. The number of benzene rings is 1. The van der Waals surface area contributed by atoms with Crippen molar-refractivity contribution in [1.29, 1.82) is 0 Å². The Labute approximate surface area is 95.5 Å². The first-order valence-electron chi connectivity index (χ1n) is 4.49. The highest BCUT2D eigenvalue weighted by Gasteiger charge is 2.03. The van der Waals surface area contributed by atoms with Gasteiger partial charge in [0.2, 0.25) is 0 Å². The third kappa shape index (κ3) is 2.13. The molecule has 0 fully saturated rings. The SMILES string of the molecule is CNCCc1nc2cc(Br)ccc2s1. The number of hydrogen-bond donors (Lipinski definition) is 1. The summed E-state index contributed by atoms with van der Waals surface area (Å²) >= 11 is 5.22. The van der Waals surface area contributed by atoms with Crippen molar-refractivity contribution in [3.63, 3.8) is 0 Å². The van der Waals surface area contributed by atoms with Crippen LogP contribution >= 0.6 is 27.3 Å². The van der Waals surface area contributed by atoms with Crippen LogP contribution in [0.5, 0.6) is 0 Å². The Bertz CT molecular complexity index is 439. The minimum atomic E-state index is 0.987. The molecule has 4 heteroatoms. The monoisotopic (exact) mass is 270 g/mol. The van der Waals surface area contributed by atoms with Gasteiger partial charge in [-0.3, -0.25) is 0 Å². The number of likely N-dealkylation sites (N-methyl/N-ethyl adjacent to an activating group) is 1. The number of nitrogens with zero attached hydrogens (tertiary/aromatic N) is 1. The second-order valence-electron chi connectivity index (χ2n) is 3.07. The summed E-state index contributed by atoms with van der Waals surface area (Å²) in [4.78, 5) is 4.56. The smallest absolute Gasteiger partial charge is 0.0951 e. The predicted octanol–water partition coefficient (Wildman–Crippen LogP) is 2.82. The molecule has 0 aliphatic heterocycles. The van der Waals surface area contributed by atoms with Gasteiger partial charge in [0.05, 0.1) is 15.2 Å². The maximum absolute atomic E-state index is 4.56. The quantitative estimate of drug-likeness (QED) is 0.928. The Morgan fingerprint density at radius 1 is 1.50 bits per heavy atom. The molecule has 14 heavy (non-hydrogen) atoms. The summed E-state index contributed by atoms with van der Waals surface area (Å²) < 4.78 is 2.36. The molecule has 1 aromatic carbocycles. The number of thiazole rings is 1. The Morgan fingerprint density at radius 3 is 3.14 bits per heavy atom. The summed E-state index contributed by atoms with van der Waals surface area (Å²) in [7, 11) is 1.96. The first-order chi connectivity index (χ1) is 6.79. The number of rotatable bonds is 3. The van der Waals surface area contributed by atoms with Crippen molar-refractivity contribution in [3.8, 4) is 0 Å². The van der Waals surface area contributed by atoms with E-state index in [4.69, 9.17) is 0 Å². The normalized spacial score (nSPS) is 11.0. The van der Waals surface area contributed by atoms with Crippen molar-refractivity contribution < 1.29 is 0 Å². The first kappa shape index (κ1) is 10.1. The van der Waals surface area contributed by atoms with Crippen LogP contribution in [0.15, 0.2) is 22.7 Å². The first-order valence-corrected chi connectivity index (χ1v) is 6.10. The van der Waals surface area contributed by atoms with Gasteiger partial charge < -0.3 is 5.32 Å². The summed E-state index contributed by atoms with van der Waals surface area (Å²) in [6.45, 7) is 0.987. The van der Waals surface area contributed by atoms with Crippen molar-refractivity contribution in [2.24, 2.45) is 0 Å². The summed E-state index contributed by atoms with van der Waals surface area (Å²) in [6.07, 6.45) is 1.01. The van der Waals surface area contributed by atoms with E-state index >= 15 is 0 Å². The molecule has 0 amide bonds. The van der Waals surface area contributed by atoms with Gasteiger partial charge in [-0.05, 0) is 25.2 Å². The highest BCUT2D eigenvalue weighted by atomic mass is 79.9. The molecule has 0 spiro atoms. The van der Waals surface area contributed by atoms with Crippen LogP contribution in [0.1, 0.15) is 5.01 Å². The Morgan fingerprint density at radius 2 is 2.36 bits per heavy atom. The van der Waals surface area contributed by atoms with E-state index in [0.717, 1.165) is 23.0 Å². The van der Waals surface area contributed by atoms with E-state index in [2.05, 4.69) is 44.4 Å². The Balaban J connectivity index is 2.32. The minimum absolute atomic E-state index is 0.987. The van der Waals surface area contributed by atoms with E-state index in [1.54, 1.807) is 11.3 Å². The number of aromatic nitrogens is 1. The lowest BCUT2D eigenvalue weighted by atomic mass is 10.3. The van der Waals surface area contributed by atoms with Gasteiger partial charge in [-0.15, -0.1) is 11.3 Å². The minimum Gasteiger partial charge on any atom is -0.319 e. The van der Waals surface area contributed by atoms with Gasteiger partial charge >= 0.3 is 0 Å². The molecule has 74 valence electrons. The van der Waals surface area contributed by atoms with Gasteiger partial charge in [-0.1, -0.05) is 15.9 Å². The van der Waals surface area contributed by atoms with Gasteiger partial charge in [0, 0.05) is 17.4 Å². The molecule has 0 bridgehead atoms. The molecule has 0 aliphatic rings. The third-order valence-corrected chi connectivity index (χ3v) is 3.57. The van der Waals surface area contributed by atoms with E-state index in [0.29, 0.717) is 0 Å². The van der Waals surface area contributed by atoms with Gasteiger partial charge in [-0.2, -0.15) is 0 Å². The Kier molecular flexibility index (Phi) is 3.15. The third-order valence-electron chi connectivity index (χ3n) is 1.98. The van der Waals surface area contributed by atoms with Crippen LogP contribution in [0.25, 0.3) is 10.2 Å². The van der Waals surface area contributed by atoms with Gasteiger partial charge in [0.1, 0.15) is 0 Å². The van der Waals surface area contributed by atoms with Gasteiger partial charge in [0.25, 0.3) is 0 Å². The van der Waals surface area contributed by atoms with Crippen LogP contribution in [0.2, 0.25) is 0 Å². The number of hydrogen-bond acceptors (Lipinski definition) is 3. The van der Waals surface area contributed by atoms with Crippen molar-refractivity contribution in [2.45, 2.75) is 6.42 Å². The highest BCUT2D eigenvalue weighted by Crippen LogP contribution is 2.25. The second-order valence-corrected chi connectivity index (χ2v) is 5.10. The molecule has 0 saturated heterocycles. The lowest BCUT2D eigenvalue weighted by Crippen LogP contribution is -2.09. The molecule has 0 saturated carbocycles. The van der Waals surface area contributed by atoms with Crippen LogP contribution in [-0.4, -0.2) is 18.6 Å². The average Bonchev–Trinajstić information content (AvgIpc) is 2.56. The summed E-state index contributed by atoms with van der Waals surface area (Å²) in [5.74, 6) is 0. The predicted molar refractivity (Wildman–Crippen MR) is 65.0 cm³/mol. The zero-order chi connectivity index (χ0) is 9.97. The molecule has 2 aromatic rings. The summed E-state index contributed by atoms with van der Waals surface area (Å²) in [5, 5.41) is 4.33. The molecule has 2 rings (SSSR count). The molecular weight excluding hydrogens is 260 g/mol. The zero-order valence-electron chi connectivity index (χ0n) is 7.88. The van der Waals surface area contributed by atoms with E-state index in [1.807, 2.05) is 7.05 Å². The molecule has 1 heterocycles. The number of nitrogens with one attached hydrogen (secondary N) is 1. The summed E-state index contributed by atoms with van der Waals surface area (Å²) in [5.41, 5.74) is 1.09. The van der Waals surface area contributed by atoms with Gasteiger partial charge in [-0.25, -0.2) is 4.98 Å².